The molecule has 4 N–H and O–H groups in total. The van der Waals surface area contributed by atoms with E-state index in [0.29, 0.717) is 6.42 Å². The van der Waals surface area contributed by atoms with Gasteiger partial charge in [-0.15, -0.1) is 0 Å². The first kappa shape index (κ1) is 18.7. The summed E-state index contributed by atoms with van der Waals surface area (Å²) in [5.74, 6) is 0.155. The Morgan fingerprint density at radius 2 is 2.14 bits per heavy atom. The largest absolute Gasteiger partial charge is 0.394 e. The Hall–Kier alpha value is -1.32. The lowest BCUT2D eigenvalue weighted by molar-refractivity contribution is 0.0170. The van der Waals surface area contributed by atoms with Gasteiger partial charge < -0.3 is 25.0 Å². The highest BCUT2D eigenvalue weighted by atomic mass is 31.2. The van der Waals surface area contributed by atoms with Crippen molar-refractivity contribution >= 4 is 13.5 Å². The summed E-state index contributed by atoms with van der Waals surface area (Å²) in [4.78, 5) is 28.7. The lowest BCUT2D eigenvalue weighted by atomic mass is 10.4. The average Bonchev–Trinajstić information content (AvgIpc) is 2.43. The molecule has 0 aliphatic heterocycles. The molecule has 0 saturated carbocycles. The number of nitrogens with zero attached hydrogens (tertiary/aromatic N) is 3. The highest BCUT2D eigenvalue weighted by Crippen LogP contribution is 2.42. The van der Waals surface area contributed by atoms with Gasteiger partial charge in [0.25, 0.3) is 0 Å². The molecule has 1 rings (SSSR count). The third-order valence-corrected chi connectivity index (χ3v) is 3.66. The van der Waals surface area contributed by atoms with Crippen molar-refractivity contribution < 1.29 is 23.8 Å². The Bertz CT molecular complexity index is 592. The SMILES string of the molecule is CCCOP(=O)(O)CO[C@H](CO)Cn1c(N)nc(C)nc1=O. The van der Waals surface area contributed by atoms with Crippen molar-refractivity contribution in [1.82, 2.24) is 14.5 Å². The van der Waals surface area contributed by atoms with Crippen LogP contribution in [0.1, 0.15) is 19.2 Å². The van der Waals surface area contributed by atoms with E-state index < -0.39 is 32.3 Å². The van der Waals surface area contributed by atoms with Gasteiger partial charge in [-0.1, -0.05) is 6.92 Å². The van der Waals surface area contributed by atoms with E-state index in [0.717, 1.165) is 4.57 Å². The summed E-state index contributed by atoms with van der Waals surface area (Å²) < 4.78 is 22.6. The van der Waals surface area contributed by atoms with Crippen LogP contribution in [0.25, 0.3) is 0 Å². The fraction of sp³-hybridized carbons (Fsp3) is 0.727. The fourth-order valence-electron chi connectivity index (χ4n) is 1.56. The van der Waals surface area contributed by atoms with Gasteiger partial charge in [-0.05, 0) is 13.3 Å². The lowest BCUT2D eigenvalue weighted by Gasteiger charge is -2.19. The maximum absolute atomic E-state index is 11.7. The number of anilines is 1. The zero-order valence-corrected chi connectivity index (χ0v) is 13.4. The average molecular weight is 336 g/mol. The Morgan fingerprint density at radius 1 is 1.45 bits per heavy atom. The number of aromatic nitrogens is 3. The first-order chi connectivity index (χ1) is 10.3. The van der Waals surface area contributed by atoms with Crippen molar-refractivity contribution in [3.05, 3.63) is 16.3 Å². The molecule has 2 atom stereocenters. The minimum atomic E-state index is -3.90. The van der Waals surface area contributed by atoms with Crippen LogP contribution in [0.15, 0.2) is 4.79 Å². The maximum atomic E-state index is 11.7. The molecule has 1 unspecified atom stereocenters. The second-order valence-corrected chi connectivity index (χ2v) is 6.38. The highest BCUT2D eigenvalue weighted by Gasteiger charge is 2.23. The molecule has 0 bridgehead atoms. The van der Waals surface area contributed by atoms with Gasteiger partial charge in [0.1, 0.15) is 12.2 Å². The predicted octanol–water partition coefficient (Wildman–Crippen LogP) is -0.524. The summed E-state index contributed by atoms with van der Waals surface area (Å²) in [7, 11) is -3.90. The molecule has 0 spiro atoms. The van der Waals surface area contributed by atoms with E-state index in [1.54, 1.807) is 6.92 Å². The van der Waals surface area contributed by atoms with Gasteiger partial charge in [0.15, 0.2) is 0 Å². The quantitative estimate of drug-likeness (QED) is 0.506. The Balaban J connectivity index is 2.70. The first-order valence-electron chi connectivity index (χ1n) is 6.68. The summed E-state index contributed by atoms with van der Waals surface area (Å²) in [5.41, 5.74) is 4.98. The zero-order chi connectivity index (χ0) is 16.8. The molecule has 1 heterocycles. The summed E-state index contributed by atoms with van der Waals surface area (Å²) in [6.07, 6.45) is -0.933. The molecule has 1 aromatic rings. The Labute approximate surface area is 127 Å². The number of hydrogen-bond donors (Lipinski definition) is 3. The molecular weight excluding hydrogens is 315 g/mol. The Kier molecular flexibility index (Phi) is 7.11. The first-order valence-corrected chi connectivity index (χ1v) is 8.45. The van der Waals surface area contributed by atoms with E-state index >= 15 is 0 Å². The van der Waals surface area contributed by atoms with Gasteiger partial charge in [-0.3, -0.25) is 9.13 Å². The van der Waals surface area contributed by atoms with Gasteiger partial charge in [0.2, 0.25) is 5.95 Å². The molecular formula is C11H21N4O6P. The van der Waals surface area contributed by atoms with E-state index in [1.165, 1.54) is 6.92 Å². The number of nitrogens with two attached hydrogens (primary N) is 1. The van der Waals surface area contributed by atoms with Gasteiger partial charge in [-0.2, -0.15) is 9.97 Å². The minimum absolute atomic E-state index is 0.0750. The summed E-state index contributed by atoms with van der Waals surface area (Å²) in [5, 5.41) is 9.26. The van der Waals surface area contributed by atoms with Crippen molar-refractivity contribution in [3.63, 3.8) is 0 Å². The molecule has 1 aromatic heterocycles. The number of aryl methyl sites for hydroxylation is 1. The number of nitrogen functional groups attached to an aromatic ring is 1. The van der Waals surface area contributed by atoms with Crippen LogP contribution >= 0.6 is 7.60 Å². The smallest absolute Gasteiger partial charge is 0.353 e. The molecule has 10 nitrogen and oxygen atoms in total. The normalized spacial score (nSPS) is 15.5. The van der Waals surface area contributed by atoms with Crippen LogP contribution in [-0.2, 0) is 20.4 Å². The fourth-order valence-corrected chi connectivity index (χ4v) is 2.50. The van der Waals surface area contributed by atoms with Crippen LogP contribution in [0.3, 0.4) is 0 Å². The predicted molar refractivity (Wildman–Crippen MR) is 78.3 cm³/mol. The molecule has 0 aromatic carbocycles. The van der Waals surface area contributed by atoms with Crippen LogP contribution in [0.4, 0.5) is 5.95 Å². The van der Waals surface area contributed by atoms with Crippen molar-refractivity contribution in [2.45, 2.75) is 32.9 Å². The summed E-state index contributed by atoms with van der Waals surface area (Å²) >= 11 is 0. The standard InChI is InChI=1S/C11H21N4O6P/c1-3-4-21-22(18,19)7-20-9(6-16)5-15-10(12)13-8(2)14-11(15)17/h9,16H,3-7H2,1-2H3,(H,18,19)(H2,12,13,14,17)/t9-/m0/s1. The monoisotopic (exact) mass is 336 g/mol. The van der Waals surface area contributed by atoms with E-state index in [1.807, 2.05) is 0 Å². The topological polar surface area (TPSA) is 150 Å². The van der Waals surface area contributed by atoms with Crippen LogP contribution in [0.2, 0.25) is 0 Å². The molecule has 11 heteroatoms. The lowest BCUT2D eigenvalue weighted by Crippen LogP contribution is -2.34. The molecule has 126 valence electrons. The van der Waals surface area contributed by atoms with E-state index in [9.17, 15) is 19.4 Å². The summed E-state index contributed by atoms with van der Waals surface area (Å²) in [6.45, 7) is 2.82. The van der Waals surface area contributed by atoms with Gasteiger partial charge in [0.05, 0.1) is 25.9 Å². The number of ether oxygens (including phenoxy) is 1. The van der Waals surface area contributed by atoms with Crippen molar-refractivity contribution in [2.24, 2.45) is 0 Å². The van der Waals surface area contributed by atoms with Crippen LogP contribution in [0, 0.1) is 6.92 Å². The maximum Gasteiger partial charge on any atom is 0.353 e. The number of hydrogen-bond acceptors (Lipinski definition) is 8. The summed E-state index contributed by atoms with van der Waals surface area (Å²) in [6, 6.07) is 0. The molecule has 0 fully saturated rings. The molecule has 0 aliphatic carbocycles. The third-order valence-electron chi connectivity index (χ3n) is 2.60. The van der Waals surface area contributed by atoms with Gasteiger partial charge in [0, 0.05) is 0 Å². The van der Waals surface area contributed by atoms with Crippen LogP contribution < -0.4 is 11.4 Å². The third kappa shape index (κ3) is 5.82. The zero-order valence-electron chi connectivity index (χ0n) is 12.5. The second-order valence-electron chi connectivity index (χ2n) is 4.59. The molecule has 0 aliphatic rings. The van der Waals surface area contributed by atoms with Crippen molar-refractivity contribution in [3.8, 4) is 0 Å². The highest BCUT2D eigenvalue weighted by molar-refractivity contribution is 7.52. The van der Waals surface area contributed by atoms with E-state index in [2.05, 4.69) is 9.97 Å². The van der Waals surface area contributed by atoms with Crippen molar-refractivity contribution in [2.75, 3.05) is 25.3 Å². The van der Waals surface area contributed by atoms with Crippen LogP contribution in [-0.4, -0.2) is 50.2 Å². The molecule has 0 amide bonds. The number of aliphatic hydroxyl groups is 1. The van der Waals surface area contributed by atoms with Crippen LogP contribution in [0.5, 0.6) is 0 Å². The second kappa shape index (κ2) is 8.35. The molecule has 0 saturated heterocycles. The minimum Gasteiger partial charge on any atom is -0.394 e. The van der Waals surface area contributed by atoms with E-state index in [4.69, 9.17) is 15.0 Å². The number of aliphatic hydroxyl groups excluding tert-OH is 1. The van der Waals surface area contributed by atoms with Crippen molar-refractivity contribution in [1.29, 1.82) is 0 Å². The van der Waals surface area contributed by atoms with Gasteiger partial charge in [-0.25, -0.2) is 4.79 Å². The molecule has 22 heavy (non-hydrogen) atoms. The molecule has 0 radical (unpaired) electrons. The number of rotatable bonds is 9. The Morgan fingerprint density at radius 3 is 2.68 bits per heavy atom. The van der Waals surface area contributed by atoms with Gasteiger partial charge >= 0.3 is 13.3 Å². The van der Waals surface area contributed by atoms with E-state index in [-0.39, 0.29) is 24.9 Å².